The molecular weight excluding hydrogens is 473 g/mol. The van der Waals surface area contributed by atoms with Crippen LogP contribution in [0.15, 0.2) is 91.1 Å². The number of aromatic nitrogens is 3. The number of amides is 1. The maximum atomic E-state index is 12.9. The molecule has 2 heterocycles. The fourth-order valence-electron chi connectivity index (χ4n) is 4.50. The first kappa shape index (κ1) is 25.1. The summed E-state index contributed by atoms with van der Waals surface area (Å²) in [5.41, 5.74) is 5.99. The topological polar surface area (TPSA) is 91.5 Å². The average molecular weight is 503 g/mol. The first-order chi connectivity index (χ1) is 18.6. The van der Waals surface area contributed by atoms with Crippen LogP contribution in [-0.2, 0) is 6.42 Å². The molecule has 5 rings (SSSR count). The van der Waals surface area contributed by atoms with Crippen LogP contribution in [-0.4, -0.2) is 46.5 Å². The van der Waals surface area contributed by atoms with E-state index in [1.54, 1.807) is 22.8 Å². The molecule has 0 aliphatic rings. The van der Waals surface area contributed by atoms with Gasteiger partial charge in [-0.15, -0.1) is 0 Å². The van der Waals surface area contributed by atoms with Gasteiger partial charge in [-0.2, -0.15) is 9.61 Å². The predicted octanol–water partition coefficient (Wildman–Crippen LogP) is 3.57. The van der Waals surface area contributed by atoms with Crippen molar-refractivity contribution in [3.8, 4) is 17.0 Å². The lowest BCUT2D eigenvalue weighted by molar-refractivity contribution is 0.0952. The Morgan fingerprint density at radius 1 is 0.921 bits per heavy atom. The monoisotopic (exact) mass is 503 g/mol. The van der Waals surface area contributed by atoms with E-state index in [4.69, 9.17) is 4.98 Å². The molecule has 0 spiro atoms. The summed E-state index contributed by atoms with van der Waals surface area (Å²) >= 11 is 0. The number of carbonyl (C=O) groups is 1. The molecule has 0 saturated carbocycles. The van der Waals surface area contributed by atoms with Gasteiger partial charge in [-0.05, 0) is 54.1 Å². The molecule has 2 aromatic heterocycles. The number of hydrogen-bond acceptors (Lipinski definition) is 5. The summed E-state index contributed by atoms with van der Waals surface area (Å²) in [6.07, 6.45) is 4.21. The van der Waals surface area contributed by atoms with Gasteiger partial charge in [0.2, 0.25) is 0 Å². The first-order valence-electron chi connectivity index (χ1n) is 12.9. The molecule has 1 amide bonds. The molecule has 3 aromatic carbocycles. The van der Waals surface area contributed by atoms with Crippen molar-refractivity contribution in [2.45, 2.75) is 19.3 Å². The number of carbonyl (C=O) groups excluding carboxylic acids is 1. The highest BCUT2D eigenvalue weighted by Crippen LogP contribution is 2.29. The molecule has 7 nitrogen and oxygen atoms in total. The third-order valence-electron chi connectivity index (χ3n) is 6.52. The van der Waals surface area contributed by atoms with Crippen molar-refractivity contribution in [2.24, 2.45) is 0 Å². The van der Waals surface area contributed by atoms with Crippen molar-refractivity contribution >= 4 is 30.7 Å². The van der Waals surface area contributed by atoms with E-state index in [9.17, 15) is 9.90 Å². The smallest absolute Gasteiger partial charge is 0.251 e. The number of aromatic hydroxyl groups is 1. The van der Waals surface area contributed by atoms with E-state index in [1.807, 2.05) is 68.5 Å². The summed E-state index contributed by atoms with van der Waals surface area (Å²) in [7, 11) is 1.97. The van der Waals surface area contributed by atoms with Crippen LogP contribution < -0.4 is 16.1 Å². The molecule has 190 valence electrons. The summed E-state index contributed by atoms with van der Waals surface area (Å²) in [4.78, 5) is 17.6. The Morgan fingerprint density at radius 3 is 2.50 bits per heavy atom. The Bertz CT molecular complexity index is 1550. The lowest BCUT2D eigenvalue weighted by atomic mass is 9.99. The Balaban J connectivity index is 1.17. The van der Waals surface area contributed by atoms with Gasteiger partial charge >= 0.3 is 0 Å². The van der Waals surface area contributed by atoms with Crippen molar-refractivity contribution in [2.75, 3.05) is 18.4 Å². The quantitative estimate of drug-likeness (QED) is 0.200. The van der Waals surface area contributed by atoms with Crippen LogP contribution in [0.2, 0.25) is 0 Å². The van der Waals surface area contributed by atoms with E-state index < -0.39 is 0 Å². The Labute approximate surface area is 223 Å². The number of fused-ring (bicyclic) bond motifs is 1. The zero-order chi connectivity index (χ0) is 26.3. The van der Waals surface area contributed by atoms with Crippen molar-refractivity contribution in [1.29, 1.82) is 0 Å². The van der Waals surface area contributed by atoms with Crippen LogP contribution in [0.25, 0.3) is 16.9 Å². The number of phenols is 1. The number of hydrogen-bond donors (Lipinski definition) is 3. The standard InChI is InChI=1S/C30H30BN5O2/c31-25-20-34-36-28(19-26(35-29(25)36)24-14-6-7-15-27(24)37)32-16-8-9-17-33-30(38)23-13-5-4-12-22(23)18-21-10-2-1-3-11-21/h1-7,10-15,19-20,32,37H,8-9,16-18,31H2,(H,33,38). The van der Waals surface area contributed by atoms with Gasteiger partial charge in [0.05, 0.1) is 5.69 Å². The summed E-state index contributed by atoms with van der Waals surface area (Å²) in [6, 6.07) is 27.1. The minimum Gasteiger partial charge on any atom is -0.507 e. The number of nitrogens with zero attached hydrogens (tertiary/aromatic N) is 3. The molecule has 5 aromatic rings. The average Bonchev–Trinajstić information content (AvgIpc) is 3.32. The second-order valence-corrected chi connectivity index (χ2v) is 9.32. The van der Waals surface area contributed by atoms with Crippen molar-refractivity contribution < 1.29 is 9.90 Å². The zero-order valence-corrected chi connectivity index (χ0v) is 21.4. The number of anilines is 1. The van der Waals surface area contributed by atoms with Gasteiger partial charge < -0.3 is 15.7 Å². The normalized spacial score (nSPS) is 10.9. The molecular formula is C30H30BN5O2. The summed E-state index contributed by atoms with van der Waals surface area (Å²) in [5, 5.41) is 21.3. The molecule has 0 radical (unpaired) electrons. The molecule has 0 fully saturated rings. The van der Waals surface area contributed by atoms with Gasteiger partial charge in [-0.3, -0.25) is 4.79 Å². The van der Waals surface area contributed by atoms with E-state index in [2.05, 4.69) is 27.9 Å². The van der Waals surface area contributed by atoms with Gasteiger partial charge in [0.1, 0.15) is 19.4 Å². The molecule has 38 heavy (non-hydrogen) atoms. The van der Waals surface area contributed by atoms with Crippen LogP contribution in [0, 0.1) is 0 Å². The maximum absolute atomic E-state index is 12.9. The van der Waals surface area contributed by atoms with E-state index >= 15 is 0 Å². The number of phenolic OH excluding ortho intramolecular Hbond substituents is 1. The van der Waals surface area contributed by atoms with Gasteiger partial charge in [-0.1, -0.05) is 60.7 Å². The van der Waals surface area contributed by atoms with Crippen LogP contribution in [0.1, 0.15) is 34.3 Å². The van der Waals surface area contributed by atoms with Gasteiger partial charge in [-0.25, -0.2) is 4.98 Å². The van der Waals surface area contributed by atoms with Crippen LogP contribution >= 0.6 is 0 Å². The highest BCUT2D eigenvalue weighted by Gasteiger charge is 2.13. The number of benzene rings is 3. The van der Waals surface area contributed by atoms with E-state index in [1.165, 1.54) is 5.56 Å². The summed E-state index contributed by atoms with van der Waals surface area (Å²) in [6.45, 7) is 1.30. The highest BCUT2D eigenvalue weighted by atomic mass is 16.3. The van der Waals surface area contributed by atoms with Gasteiger partial charge in [0, 0.05) is 36.5 Å². The SMILES string of the molecule is Bc1cnn2c(NCCCCNC(=O)c3ccccc3Cc3ccccc3)cc(-c3ccccc3O)nc12. The number of rotatable bonds is 10. The fraction of sp³-hybridized carbons (Fsp3) is 0.167. The Kier molecular flexibility index (Phi) is 7.69. The molecule has 0 aliphatic heterocycles. The zero-order valence-electron chi connectivity index (χ0n) is 21.4. The lowest BCUT2D eigenvalue weighted by Gasteiger charge is -2.12. The van der Waals surface area contributed by atoms with Crippen LogP contribution in [0.5, 0.6) is 5.75 Å². The molecule has 0 saturated heterocycles. The largest absolute Gasteiger partial charge is 0.507 e. The van der Waals surface area contributed by atoms with Crippen molar-refractivity contribution in [1.82, 2.24) is 19.9 Å². The van der Waals surface area contributed by atoms with Crippen molar-refractivity contribution in [3.05, 3.63) is 108 Å². The minimum atomic E-state index is -0.0420. The summed E-state index contributed by atoms with van der Waals surface area (Å²) < 4.78 is 1.78. The Hall–Kier alpha value is -4.59. The fourth-order valence-corrected chi connectivity index (χ4v) is 4.50. The highest BCUT2D eigenvalue weighted by molar-refractivity contribution is 6.36. The molecule has 3 N–H and O–H groups in total. The second-order valence-electron chi connectivity index (χ2n) is 9.32. The minimum absolute atomic E-state index is 0.0420. The lowest BCUT2D eigenvalue weighted by Crippen LogP contribution is -2.26. The molecule has 0 bridgehead atoms. The predicted molar refractivity (Wildman–Crippen MR) is 154 cm³/mol. The van der Waals surface area contributed by atoms with Gasteiger partial charge in [0.15, 0.2) is 5.65 Å². The third kappa shape index (κ3) is 5.70. The molecule has 0 unspecified atom stereocenters. The summed E-state index contributed by atoms with van der Waals surface area (Å²) in [5.74, 6) is 0.952. The van der Waals surface area contributed by atoms with Gasteiger partial charge in [0.25, 0.3) is 5.91 Å². The molecule has 0 aliphatic carbocycles. The van der Waals surface area contributed by atoms with E-state index in [0.717, 1.165) is 47.3 Å². The second kappa shape index (κ2) is 11.6. The maximum Gasteiger partial charge on any atom is 0.251 e. The van der Waals surface area contributed by atoms with Crippen LogP contribution in [0.4, 0.5) is 5.82 Å². The number of unbranched alkanes of at least 4 members (excludes halogenated alkanes) is 1. The molecule has 0 atom stereocenters. The third-order valence-corrected chi connectivity index (χ3v) is 6.52. The number of nitrogens with one attached hydrogen (secondary N) is 2. The van der Waals surface area contributed by atoms with Crippen molar-refractivity contribution in [3.63, 3.8) is 0 Å². The van der Waals surface area contributed by atoms with E-state index in [0.29, 0.717) is 24.3 Å². The molecule has 8 heteroatoms. The van der Waals surface area contributed by atoms with E-state index in [-0.39, 0.29) is 11.7 Å². The van der Waals surface area contributed by atoms with Crippen LogP contribution in [0.3, 0.4) is 0 Å². The number of para-hydroxylation sites is 1. The first-order valence-corrected chi connectivity index (χ1v) is 12.9. The Morgan fingerprint density at radius 2 is 1.66 bits per heavy atom.